The van der Waals surface area contributed by atoms with Crippen molar-refractivity contribution in [1.29, 1.82) is 0 Å². The second-order valence-corrected chi connectivity index (χ2v) is 10.2. The lowest BCUT2D eigenvalue weighted by atomic mass is 10.0. The van der Waals surface area contributed by atoms with Gasteiger partial charge in [0, 0.05) is 16.1 Å². The number of alkyl carbamates (subject to hydrolysis) is 2. The normalized spacial score (nSPS) is 12.0. The lowest BCUT2D eigenvalue weighted by molar-refractivity contribution is -0.144. The number of phenolic OH excluding ortho intramolecular Hbond substituents is 1. The van der Waals surface area contributed by atoms with Crippen molar-refractivity contribution in [1.82, 2.24) is 21.3 Å². The molecule has 2 rings (SSSR count). The molecule has 0 heterocycles. The molecule has 0 spiro atoms. The number of esters is 1. The topological polar surface area (TPSA) is 194 Å². The molecule has 48 heavy (non-hydrogen) atoms. The van der Waals surface area contributed by atoms with Crippen LogP contribution in [0.15, 0.2) is 35.3 Å². The predicted molar refractivity (Wildman–Crippen MR) is 166 cm³/mol. The van der Waals surface area contributed by atoms with Crippen LogP contribution in [0.5, 0.6) is 5.75 Å². The average Bonchev–Trinajstić information content (AvgIpc) is 3.00. The minimum absolute atomic E-state index is 0.0111. The highest BCUT2D eigenvalue weighted by molar-refractivity contribution is 6.35. The van der Waals surface area contributed by atoms with E-state index in [0.717, 1.165) is 6.07 Å². The number of phenols is 1. The molecule has 4 amide bonds. The maximum Gasteiger partial charge on any atom is 0.416 e. The highest BCUT2D eigenvalue weighted by Crippen LogP contribution is 2.36. The quantitative estimate of drug-likeness (QED) is 0.0838. The molecular weight excluding hydrogens is 690 g/mol. The van der Waals surface area contributed by atoms with Gasteiger partial charge in [0.1, 0.15) is 11.6 Å². The summed E-state index contributed by atoms with van der Waals surface area (Å²) in [7, 11) is 0. The van der Waals surface area contributed by atoms with Gasteiger partial charge in [0.05, 0.1) is 61.6 Å². The number of rotatable bonds is 13. The molecule has 0 radical (unpaired) electrons. The Labute approximate surface area is 282 Å². The zero-order chi connectivity index (χ0) is 36.0. The van der Waals surface area contributed by atoms with Gasteiger partial charge in [-0.25, -0.2) is 14.6 Å². The van der Waals surface area contributed by atoms with Gasteiger partial charge >= 0.3 is 24.3 Å². The van der Waals surface area contributed by atoms with E-state index in [1.807, 2.05) is 0 Å². The minimum atomic E-state index is -4.95. The van der Waals surface area contributed by atoms with Crippen LogP contribution in [-0.2, 0) is 30.0 Å². The fourth-order valence-electron chi connectivity index (χ4n) is 3.85. The van der Waals surface area contributed by atoms with Gasteiger partial charge < -0.3 is 35.3 Å². The number of alkyl halides is 3. The maximum atomic E-state index is 13.8. The molecule has 5 N–H and O–H groups in total. The number of aromatic hydroxyl groups is 1. The molecule has 0 saturated carbocycles. The number of hydrogen-bond donors (Lipinski definition) is 5. The third kappa shape index (κ3) is 12.8. The number of hydrogen-bond acceptors (Lipinski definition) is 10. The zero-order valence-corrected chi connectivity index (χ0v) is 27.3. The molecule has 0 bridgehead atoms. The first-order chi connectivity index (χ1) is 22.6. The predicted octanol–water partition coefficient (Wildman–Crippen LogP) is 4.78. The summed E-state index contributed by atoms with van der Waals surface area (Å²) in [5.41, 5.74) is -2.37. The molecule has 0 saturated heterocycles. The molecule has 0 aromatic heterocycles. The number of aliphatic imine (C=N–C) groups is 1. The minimum Gasteiger partial charge on any atom is -0.506 e. The van der Waals surface area contributed by atoms with Gasteiger partial charge in [-0.15, -0.1) is 0 Å². The monoisotopic (exact) mass is 721 g/mol. The first-order valence-corrected chi connectivity index (χ1v) is 14.9. The Morgan fingerprint density at radius 1 is 0.875 bits per heavy atom. The number of benzene rings is 2. The van der Waals surface area contributed by atoms with E-state index in [9.17, 15) is 42.3 Å². The van der Waals surface area contributed by atoms with Crippen molar-refractivity contribution in [3.05, 3.63) is 57.1 Å². The highest BCUT2D eigenvalue weighted by atomic mass is 35.5. The lowest BCUT2D eigenvalue weighted by Gasteiger charge is -2.20. The molecule has 14 nitrogen and oxygen atoms in total. The van der Waals surface area contributed by atoms with Gasteiger partial charge in [-0.2, -0.15) is 13.2 Å². The number of carbonyl (C=O) groups is 5. The van der Waals surface area contributed by atoms with E-state index in [2.05, 4.69) is 26.3 Å². The standard InChI is InChI=1S/C29H32Cl2F3N5O9/c1-4-46-24(41)12-21(19-10-17(30)11-20(31)25(19)42)38-23(40)14-35-26(43)15-7-16(29(32,33)34)9-18(8-15)37-22(39-28(45)48-6-3)13-36-27(44)47-5-2/h7-11,21,42H,4-6,12-14H2,1-3H3,(H,35,43)(H,36,44)(H,38,40)(H,37,39,45). The van der Waals surface area contributed by atoms with E-state index < -0.39 is 84.3 Å². The summed E-state index contributed by atoms with van der Waals surface area (Å²) in [6, 6.07) is 3.29. The van der Waals surface area contributed by atoms with Crippen molar-refractivity contribution in [3.63, 3.8) is 0 Å². The number of ether oxygens (including phenoxy) is 3. The average molecular weight is 723 g/mol. The molecule has 1 atom stereocenters. The smallest absolute Gasteiger partial charge is 0.416 e. The Kier molecular flexibility index (Phi) is 15.2. The van der Waals surface area contributed by atoms with E-state index in [-0.39, 0.29) is 41.3 Å². The van der Waals surface area contributed by atoms with Crippen molar-refractivity contribution in [2.45, 2.75) is 39.4 Å². The summed E-state index contributed by atoms with van der Waals surface area (Å²) in [6.45, 7) is 3.27. The largest absolute Gasteiger partial charge is 0.506 e. The molecule has 0 aliphatic rings. The molecule has 262 valence electrons. The Morgan fingerprint density at radius 2 is 1.52 bits per heavy atom. The van der Waals surface area contributed by atoms with Crippen molar-refractivity contribution in [2.24, 2.45) is 4.99 Å². The van der Waals surface area contributed by atoms with Crippen LogP contribution in [0, 0.1) is 0 Å². The van der Waals surface area contributed by atoms with Crippen LogP contribution in [0.25, 0.3) is 0 Å². The molecule has 2 aromatic rings. The van der Waals surface area contributed by atoms with Crippen LogP contribution in [0.4, 0.5) is 28.4 Å². The first-order valence-electron chi connectivity index (χ1n) is 14.1. The Hall–Kier alpha value is -4.77. The van der Waals surface area contributed by atoms with E-state index in [1.54, 1.807) is 6.92 Å². The molecular formula is C29H32Cl2F3N5O9. The summed E-state index contributed by atoms with van der Waals surface area (Å²) in [5.74, 6) is -3.64. The van der Waals surface area contributed by atoms with Gasteiger partial charge in [-0.3, -0.25) is 19.7 Å². The Balaban J connectivity index is 2.35. The summed E-state index contributed by atoms with van der Waals surface area (Å²) in [5, 5.41) is 19.4. The molecule has 0 fully saturated rings. The second kappa shape index (κ2) is 18.5. The Bertz CT molecular complexity index is 1540. The highest BCUT2D eigenvalue weighted by Gasteiger charge is 2.32. The first kappa shape index (κ1) is 39.4. The molecule has 2 aromatic carbocycles. The maximum absolute atomic E-state index is 13.8. The van der Waals surface area contributed by atoms with Gasteiger partial charge in [0.25, 0.3) is 5.91 Å². The third-order valence-electron chi connectivity index (χ3n) is 5.82. The third-order valence-corrected chi connectivity index (χ3v) is 6.33. The molecule has 1 unspecified atom stereocenters. The SMILES string of the molecule is CCOC(=O)CC(NC(=O)CNC(=O)c1cc(N=C(CNC(=O)OCC)NC(=O)OCC)cc(C(F)(F)F)c1)c1cc(Cl)cc(Cl)c1O. The van der Waals surface area contributed by atoms with Crippen LogP contribution < -0.4 is 21.3 Å². The van der Waals surface area contributed by atoms with Crippen molar-refractivity contribution in [3.8, 4) is 5.75 Å². The van der Waals surface area contributed by atoms with Crippen LogP contribution in [-0.4, -0.2) is 73.8 Å². The van der Waals surface area contributed by atoms with E-state index in [0.29, 0.717) is 12.1 Å². The van der Waals surface area contributed by atoms with E-state index in [1.165, 1.54) is 26.0 Å². The van der Waals surface area contributed by atoms with Crippen LogP contribution in [0.2, 0.25) is 10.0 Å². The lowest BCUT2D eigenvalue weighted by Crippen LogP contribution is -2.40. The molecule has 0 aliphatic heterocycles. The van der Waals surface area contributed by atoms with Crippen molar-refractivity contribution < 1.29 is 56.5 Å². The van der Waals surface area contributed by atoms with Crippen LogP contribution in [0.3, 0.4) is 0 Å². The molecule has 19 heteroatoms. The van der Waals surface area contributed by atoms with Crippen LogP contribution >= 0.6 is 23.2 Å². The van der Waals surface area contributed by atoms with Crippen molar-refractivity contribution in [2.75, 3.05) is 32.9 Å². The second-order valence-electron chi connectivity index (χ2n) is 9.38. The zero-order valence-electron chi connectivity index (χ0n) is 25.8. The van der Waals surface area contributed by atoms with Gasteiger partial charge in [0.15, 0.2) is 0 Å². The van der Waals surface area contributed by atoms with Gasteiger partial charge in [-0.1, -0.05) is 23.2 Å². The van der Waals surface area contributed by atoms with Gasteiger partial charge in [-0.05, 0) is 51.1 Å². The van der Waals surface area contributed by atoms with Crippen molar-refractivity contribution >= 4 is 64.7 Å². The number of amidine groups is 1. The number of halogens is 5. The summed E-state index contributed by atoms with van der Waals surface area (Å²) in [6.07, 6.45) is -7.35. The van der Waals surface area contributed by atoms with Gasteiger partial charge in [0.2, 0.25) is 5.91 Å². The fraction of sp³-hybridized carbons (Fsp3) is 0.379. The fourth-order valence-corrected chi connectivity index (χ4v) is 4.35. The molecule has 0 aliphatic carbocycles. The van der Waals surface area contributed by atoms with Crippen LogP contribution in [0.1, 0.15) is 54.7 Å². The Morgan fingerprint density at radius 3 is 2.15 bits per heavy atom. The number of carbonyl (C=O) groups excluding carboxylic acids is 5. The number of amides is 4. The summed E-state index contributed by atoms with van der Waals surface area (Å²) in [4.78, 5) is 65.7. The summed E-state index contributed by atoms with van der Waals surface area (Å²) >= 11 is 12.0. The number of nitrogens with zero attached hydrogens (tertiary/aromatic N) is 1. The number of nitrogens with one attached hydrogen (secondary N) is 4. The van der Waals surface area contributed by atoms with E-state index >= 15 is 0 Å². The van der Waals surface area contributed by atoms with E-state index in [4.69, 9.17) is 37.4 Å². The summed E-state index contributed by atoms with van der Waals surface area (Å²) < 4.78 is 55.7.